The number of rotatable bonds is 4. The normalized spacial score (nSPS) is 41.6. The van der Waals surface area contributed by atoms with Crippen molar-refractivity contribution in [1.29, 1.82) is 0 Å². The monoisotopic (exact) mass is 308 g/mol. The summed E-state index contributed by atoms with van der Waals surface area (Å²) in [5.41, 5.74) is 0. The molecule has 6 unspecified atom stereocenters. The summed E-state index contributed by atoms with van der Waals surface area (Å²) >= 11 is 0. The molecular formula is C16H20O6. The van der Waals surface area contributed by atoms with E-state index in [2.05, 4.69) is 6.58 Å². The molecule has 0 bridgehead atoms. The number of epoxide rings is 2. The Kier molecular flexibility index (Phi) is 3.46. The zero-order chi connectivity index (χ0) is 15.3. The van der Waals surface area contributed by atoms with E-state index in [4.69, 9.17) is 18.9 Å². The smallest absolute Gasteiger partial charge is 0.316 e. The zero-order valence-corrected chi connectivity index (χ0v) is 12.4. The van der Waals surface area contributed by atoms with Crippen LogP contribution in [0.25, 0.3) is 0 Å². The fourth-order valence-corrected chi connectivity index (χ4v) is 3.65. The minimum absolute atomic E-state index is 0.186. The summed E-state index contributed by atoms with van der Waals surface area (Å²) in [6.45, 7) is 3.53. The molecule has 6 heteroatoms. The lowest BCUT2D eigenvalue weighted by molar-refractivity contribution is -0.160. The molecule has 0 aromatic rings. The summed E-state index contributed by atoms with van der Waals surface area (Å²) in [6, 6.07) is 0. The molecule has 2 saturated heterocycles. The van der Waals surface area contributed by atoms with Crippen molar-refractivity contribution in [3.8, 4) is 0 Å². The van der Waals surface area contributed by atoms with E-state index < -0.39 is 0 Å². The standard InChI is InChI=1S/C16H20O6/c1-8(19-15(17)9-2-4-11-13(6-9)21-11)20-16(18)10-3-5-12-14(7-10)22-12/h9-14H,1-7H2. The largest absolute Gasteiger partial charge is 0.393 e. The van der Waals surface area contributed by atoms with Crippen LogP contribution in [0.5, 0.6) is 0 Å². The molecule has 6 atom stereocenters. The molecule has 2 aliphatic carbocycles. The number of hydrogen-bond acceptors (Lipinski definition) is 6. The maximum absolute atomic E-state index is 12.0. The van der Waals surface area contributed by atoms with Gasteiger partial charge in [-0.05, 0) is 45.1 Å². The maximum Gasteiger partial charge on any atom is 0.316 e. The summed E-state index contributed by atoms with van der Waals surface area (Å²) in [5, 5.41) is 0. The van der Waals surface area contributed by atoms with Gasteiger partial charge in [0.1, 0.15) is 0 Å². The van der Waals surface area contributed by atoms with Crippen LogP contribution >= 0.6 is 0 Å². The number of fused-ring (bicyclic) bond motifs is 2. The summed E-state index contributed by atoms with van der Waals surface area (Å²) in [7, 11) is 0. The van der Waals surface area contributed by atoms with Gasteiger partial charge in [0.2, 0.25) is 0 Å². The van der Waals surface area contributed by atoms with Crippen LogP contribution in [0.15, 0.2) is 12.5 Å². The molecule has 22 heavy (non-hydrogen) atoms. The molecule has 2 aliphatic heterocycles. The molecule has 0 N–H and O–H groups in total. The number of carbonyl (C=O) groups excluding carboxylic acids is 2. The van der Waals surface area contributed by atoms with Gasteiger partial charge in [-0.15, -0.1) is 0 Å². The minimum Gasteiger partial charge on any atom is -0.393 e. The second kappa shape index (κ2) is 5.35. The topological polar surface area (TPSA) is 77.7 Å². The van der Waals surface area contributed by atoms with Crippen molar-refractivity contribution >= 4 is 11.9 Å². The Hall–Kier alpha value is -1.40. The second-order valence-electron chi connectivity index (χ2n) is 6.66. The average molecular weight is 308 g/mol. The van der Waals surface area contributed by atoms with Gasteiger partial charge in [-0.25, -0.2) is 0 Å². The van der Waals surface area contributed by atoms with E-state index in [1.165, 1.54) is 0 Å². The molecule has 0 aromatic carbocycles. The first-order valence-corrected chi connectivity index (χ1v) is 8.03. The number of hydrogen-bond donors (Lipinski definition) is 0. The van der Waals surface area contributed by atoms with Crippen LogP contribution in [-0.2, 0) is 28.5 Å². The van der Waals surface area contributed by atoms with Gasteiger partial charge in [0.15, 0.2) is 0 Å². The van der Waals surface area contributed by atoms with Crippen LogP contribution in [0.2, 0.25) is 0 Å². The highest BCUT2D eigenvalue weighted by atomic mass is 16.7. The van der Waals surface area contributed by atoms with Gasteiger partial charge in [-0.3, -0.25) is 9.59 Å². The molecule has 0 spiro atoms. The van der Waals surface area contributed by atoms with Crippen molar-refractivity contribution in [2.75, 3.05) is 0 Å². The van der Waals surface area contributed by atoms with Gasteiger partial charge in [-0.1, -0.05) is 0 Å². The highest BCUT2D eigenvalue weighted by Crippen LogP contribution is 2.41. The second-order valence-corrected chi connectivity index (χ2v) is 6.66. The maximum atomic E-state index is 12.0. The molecule has 2 saturated carbocycles. The van der Waals surface area contributed by atoms with E-state index >= 15 is 0 Å². The number of carbonyl (C=O) groups is 2. The Balaban J connectivity index is 1.23. The summed E-state index contributed by atoms with van der Waals surface area (Å²) in [5.74, 6) is -1.33. The third kappa shape index (κ3) is 2.90. The van der Waals surface area contributed by atoms with Gasteiger partial charge >= 0.3 is 11.9 Å². The first-order valence-electron chi connectivity index (χ1n) is 8.03. The number of esters is 2. The molecule has 0 radical (unpaired) electrons. The highest BCUT2D eigenvalue weighted by molar-refractivity contribution is 5.76. The summed E-state index contributed by atoms with van der Waals surface area (Å²) < 4.78 is 21.0. The molecule has 6 nitrogen and oxygen atoms in total. The van der Waals surface area contributed by atoms with Crippen molar-refractivity contribution in [3.05, 3.63) is 12.5 Å². The van der Waals surface area contributed by atoms with E-state index in [0.717, 1.165) is 25.7 Å². The van der Waals surface area contributed by atoms with E-state index in [9.17, 15) is 9.59 Å². The number of ether oxygens (including phenoxy) is 4. The van der Waals surface area contributed by atoms with Crippen molar-refractivity contribution in [1.82, 2.24) is 0 Å². The van der Waals surface area contributed by atoms with Crippen molar-refractivity contribution in [2.24, 2.45) is 11.8 Å². The minimum atomic E-state index is -0.374. The van der Waals surface area contributed by atoms with Crippen LogP contribution in [-0.4, -0.2) is 36.4 Å². The Morgan fingerprint density at radius 2 is 1.23 bits per heavy atom. The predicted molar refractivity (Wildman–Crippen MR) is 73.3 cm³/mol. The van der Waals surface area contributed by atoms with Crippen molar-refractivity contribution in [2.45, 2.75) is 62.9 Å². The van der Waals surface area contributed by atoms with Crippen LogP contribution in [0.1, 0.15) is 38.5 Å². The Morgan fingerprint density at radius 1 is 0.773 bits per heavy atom. The van der Waals surface area contributed by atoms with Gasteiger partial charge in [0, 0.05) is 0 Å². The van der Waals surface area contributed by atoms with E-state index in [1.54, 1.807) is 0 Å². The zero-order valence-electron chi connectivity index (χ0n) is 12.4. The molecule has 2 heterocycles. The van der Waals surface area contributed by atoms with E-state index in [-0.39, 0.29) is 41.9 Å². The van der Waals surface area contributed by atoms with Gasteiger partial charge in [0.05, 0.1) is 36.3 Å². The lowest BCUT2D eigenvalue weighted by Gasteiger charge is -2.20. The Morgan fingerprint density at radius 3 is 1.64 bits per heavy atom. The first kappa shape index (κ1) is 14.2. The summed E-state index contributed by atoms with van der Waals surface area (Å²) in [6.07, 6.45) is 5.75. The van der Waals surface area contributed by atoms with E-state index in [1.807, 2.05) is 0 Å². The molecule has 4 aliphatic rings. The van der Waals surface area contributed by atoms with Crippen LogP contribution in [0, 0.1) is 11.8 Å². The highest BCUT2D eigenvalue weighted by Gasteiger charge is 2.47. The van der Waals surface area contributed by atoms with Crippen LogP contribution in [0.3, 0.4) is 0 Å². The molecular weight excluding hydrogens is 288 g/mol. The van der Waals surface area contributed by atoms with Gasteiger partial charge in [-0.2, -0.15) is 0 Å². The van der Waals surface area contributed by atoms with Gasteiger partial charge < -0.3 is 18.9 Å². The SMILES string of the molecule is C=C(OC(=O)C1CCC2OC2C1)OC(=O)C1CCC2OC2C1. The van der Waals surface area contributed by atoms with Crippen LogP contribution < -0.4 is 0 Å². The first-order chi connectivity index (χ1) is 10.6. The van der Waals surface area contributed by atoms with Crippen molar-refractivity contribution in [3.63, 3.8) is 0 Å². The Labute approximate surface area is 128 Å². The molecule has 0 aromatic heterocycles. The fraction of sp³-hybridized carbons (Fsp3) is 0.750. The lowest BCUT2D eigenvalue weighted by atomic mass is 9.89. The predicted octanol–water partition coefficient (Wildman–Crippen LogP) is 1.68. The third-order valence-electron chi connectivity index (χ3n) is 5.10. The molecule has 0 amide bonds. The molecule has 4 fully saturated rings. The average Bonchev–Trinajstić information content (AvgIpc) is 3.38. The lowest BCUT2D eigenvalue weighted by Crippen LogP contribution is -2.27. The van der Waals surface area contributed by atoms with Crippen molar-refractivity contribution < 1.29 is 28.5 Å². The third-order valence-corrected chi connectivity index (χ3v) is 5.10. The van der Waals surface area contributed by atoms with Gasteiger partial charge in [0.25, 0.3) is 5.95 Å². The summed E-state index contributed by atoms with van der Waals surface area (Å²) in [4.78, 5) is 24.1. The quantitative estimate of drug-likeness (QED) is 0.447. The van der Waals surface area contributed by atoms with E-state index in [0.29, 0.717) is 25.0 Å². The fourth-order valence-electron chi connectivity index (χ4n) is 3.65. The molecule has 4 rings (SSSR count). The molecule has 120 valence electrons. The van der Waals surface area contributed by atoms with Crippen LogP contribution in [0.4, 0.5) is 0 Å². The Bertz CT molecular complexity index is 471.